The van der Waals surface area contributed by atoms with Gasteiger partial charge in [-0.25, -0.2) is 4.98 Å². The third-order valence-corrected chi connectivity index (χ3v) is 5.96. The first-order valence-electron chi connectivity index (χ1n) is 7.80. The van der Waals surface area contributed by atoms with E-state index >= 15 is 0 Å². The number of carbonyl (C=O) groups is 1. The highest BCUT2D eigenvalue weighted by Gasteiger charge is 2.22. The minimum Gasteiger partial charge on any atom is -0.337 e. The van der Waals surface area contributed by atoms with Crippen molar-refractivity contribution in [3.05, 3.63) is 50.4 Å². The smallest absolute Gasteiger partial charge is 0.255 e. The summed E-state index contributed by atoms with van der Waals surface area (Å²) in [6, 6.07) is 5.86. The molecule has 1 aromatic heterocycles. The second kappa shape index (κ2) is 7.55. The SMILES string of the molecule is Cc1cccc(C(=O)N2CCCN(Cc3nccs3)CC2)c1Br. The Labute approximate surface area is 149 Å². The Bertz CT molecular complexity index is 674. The standard InChI is InChI=1S/C17H20BrN3OS/c1-13-4-2-5-14(16(13)18)17(22)21-8-3-7-20(9-10-21)12-15-19-6-11-23-15/h2,4-6,11H,3,7-10,12H2,1H3. The van der Waals surface area contributed by atoms with Crippen LogP contribution in [0.4, 0.5) is 0 Å². The van der Waals surface area contributed by atoms with E-state index in [9.17, 15) is 4.79 Å². The van der Waals surface area contributed by atoms with Gasteiger partial charge in [-0.05, 0) is 40.9 Å². The van der Waals surface area contributed by atoms with Gasteiger partial charge in [0.2, 0.25) is 0 Å². The van der Waals surface area contributed by atoms with E-state index in [4.69, 9.17) is 0 Å². The van der Waals surface area contributed by atoms with Crippen LogP contribution in [-0.4, -0.2) is 46.9 Å². The normalized spacial score (nSPS) is 16.3. The molecule has 6 heteroatoms. The van der Waals surface area contributed by atoms with Gasteiger partial charge in [0, 0.05) is 42.2 Å². The molecule has 1 amide bonds. The molecule has 0 atom stereocenters. The van der Waals surface area contributed by atoms with Gasteiger partial charge in [-0.2, -0.15) is 0 Å². The molecule has 1 saturated heterocycles. The van der Waals surface area contributed by atoms with Gasteiger partial charge in [0.1, 0.15) is 5.01 Å². The highest BCUT2D eigenvalue weighted by molar-refractivity contribution is 9.10. The molecular weight excluding hydrogens is 374 g/mol. The van der Waals surface area contributed by atoms with E-state index in [2.05, 4.69) is 25.8 Å². The molecule has 3 rings (SSSR count). The Balaban J connectivity index is 1.65. The van der Waals surface area contributed by atoms with Crippen LogP contribution < -0.4 is 0 Å². The Morgan fingerprint density at radius 3 is 2.96 bits per heavy atom. The summed E-state index contributed by atoms with van der Waals surface area (Å²) in [6.07, 6.45) is 2.85. The van der Waals surface area contributed by atoms with Crippen molar-refractivity contribution < 1.29 is 4.79 Å². The van der Waals surface area contributed by atoms with Crippen LogP contribution in [0.5, 0.6) is 0 Å². The van der Waals surface area contributed by atoms with Crippen LogP contribution in [0.3, 0.4) is 0 Å². The summed E-state index contributed by atoms with van der Waals surface area (Å²) in [5, 5.41) is 3.16. The van der Waals surface area contributed by atoms with Crippen LogP contribution in [0.25, 0.3) is 0 Å². The van der Waals surface area contributed by atoms with Crippen LogP contribution >= 0.6 is 27.3 Å². The number of carbonyl (C=O) groups excluding carboxylic acids is 1. The molecule has 0 aliphatic carbocycles. The molecule has 0 radical (unpaired) electrons. The first kappa shape index (κ1) is 16.6. The van der Waals surface area contributed by atoms with Crippen molar-refractivity contribution in [1.29, 1.82) is 0 Å². The highest BCUT2D eigenvalue weighted by Crippen LogP contribution is 2.23. The third kappa shape index (κ3) is 4.00. The molecule has 1 aromatic carbocycles. The largest absolute Gasteiger partial charge is 0.337 e. The molecule has 4 nitrogen and oxygen atoms in total. The van der Waals surface area contributed by atoms with Crippen LogP contribution in [-0.2, 0) is 6.54 Å². The highest BCUT2D eigenvalue weighted by atomic mass is 79.9. The van der Waals surface area contributed by atoms with E-state index < -0.39 is 0 Å². The molecule has 1 fully saturated rings. The molecule has 1 aliphatic rings. The van der Waals surface area contributed by atoms with Gasteiger partial charge in [0.05, 0.1) is 12.1 Å². The molecule has 0 bridgehead atoms. The fourth-order valence-electron chi connectivity index (χ4n) is 2.84. The number of thiazole rings is 1. The van der Waals surface area contributed by atoms with Gasteiger partial charge >= 0.3 is 0 Å². The van der Waals surface area contributed by atoms with Gasteiger partial charge in [-0.1, -0.05) is 12.1 Å². The van der Waals surface area contributed by atoms with Gasteiger partial charge < -0.3 is 4.90 Å². The predicted octanol–water partition coefficient (Wildman–Crippen LogP) is 3.56. The van der Waals surface area contributed by atoms with Crippen molar-refractivity contribution in [3.8, 4) is 0 Å². The number of hydrogen-bond donors (Lipinski definition) is 0. The van der Waals surface area contributed by atoms with E-state index in [0.29, 0.717) is 0 Å². The first-order chi connectivity index (χ1) is 11.1. The van der Waals surface area contributed by atoms with Crippen LogP contribution in [0.1, 0.15) is 27.3 Å². The average Bonchev–Trinajstić information content (AvgIpc) is 2.94. The second-order valence-electron chi connectivity index (χ2n) is 5.78. The van der Waals surface area contributed by atoms with E-state index in [1.165, 1.54) is 0 Å². The summed E-state index contributed by atoms with van der Waals surface area (Å²) in [6.45, 7) is 6.39. The molecule has 0 spiro atoms. The molecule has 0 N–H and O–H groups in total. The molecule has 23 heavy (non-hydrogen) atoms. The Kier molecular flexibility index (Phi) is 5.46. The van der Waals surface area contributed by atoms with E-state index in [1.54, 1.807) is 11.3 Å². The molecular formula is C17H20BrN3OS. The molecule has 0 saturated carbocycles. The summed E-state index contributed by atoms with van der Waals surface area (Å²) < 4.78 is 0.911. The second-order valence-corrected chi connectivity index (χ2v) is 7.56. The summed E-state index contributed by atoms with van der Waals surface area (Å²) in [4.78, 5) is 21.5. The summed E-state index contributed by atoms with van der Waals surface area (Å²) in [5.41, 5.74) is 1.86. The van der Waals surface area contributed by atoms with Gasteiger partial charge in [-0.3, -0.25) is 9.69 Å². The summed E-state index contributed by atoms with van der Waals surface area (Å²) in [5.74, 6) is 0.122. The quantitative estimate of drug-likeness (QED) is 0.799. The topological polar surface area (TPSA) is 36.4 Å². The maximum Gasteiger partial charge on any atom is 0.255 e. The van der Waals surface area contributed by atoms with Crippen molar-refractivity contribution >= 4 is 33.2 Å². The van der Waals surface area contributed by atoms with Crippen molar-refractivity contribution in [2.75, 3.05) is 26.2 Å². The molecule has 0 unspecified atom stereocenters. The lowest BCUT2D eigenvalue weighted by Crippen LogP contribution is -2.35. The third-order valence-electron chi connectivity index (χ3n) is 4.14. The van der Waals surface area contributed by atoms with Crippen LogP contribution in [0.15, 0.2) is 34.2 Å². The van der Waals surface area contributed by atoms with Crippen molar-refractivity contribution in [3.63, 3.8) is 0 Å². The van der Waals surface area contributed by atoms with Crippen LogP contribution in [0, 0.1) is 6.92 Å². The van der Waals surface area contributed by atoms with Gasteiger partial charge in [0.15, 0.2) is 0 Å². The number of rotatable bonds is 3. The minimum atomic E-state index is 0.122. The monoisotopic (exact) mass is 393 g/mol. The number of aryl methyl sites for hydroxylation is 1. The van der Waals surface area contributed by atoms with Crippen molar-refractivity contribution in [2.45, 2.75) is 19.9 Å². The van der Waals surface area contributed by atoms with Crippen LogP contribution in [0.2, 0.25) is 0 Å². The fraction of sp³-hybridized carbons (Fsp3) is 0.412. The van der Waals surface area contributed by atoms with E-state index in [-0.39, 0.29) is 5.91 Å². The molecule has 1 aliphatic heterocycles. The number of nitrogens with zero attached hydrogens (tertiary/aromatic N) is 3. The van der Waals surface area contributed by atoms with Gasteiger partial charge in [-0.15, -0.1) is 11.3 Å². The number of amides is 1. The molecule has 2 aromatic rings. The average molecular weight is 394 g/mol. The van der Waals surface area contributed by atoms with E-state index in [1.807, 2.05) is 41.6 Å². The van der Waals surface area contributed by atoms with Crippen molar-refractivity contribution in [2.24, 2.45) is 0 Å². The maximum atomic E-state index is 12.8. The van der Waals surface area contributed by atoms with Crippen molar-refractivity contribution in [1.82, 2.24) is 14.8 Å². The lowest BCUT2D eigenvalue weighted by Gasteiger charge is -2.22. The molecule has 122 valence electrons. The fourth-order valence-corrected chi connectivity index (χ4v) is 3.93. The Morgan fingerprint density at radius 2 is 2.17 bits per heavy atom. The lowest BCUT2D eigenvalue weighted by molar-refractivity contribution is 0.0760. The zero-order chi connectivity index (χ0) is 16.2. The summed E-state index contributed by atoms with van der Waals surface area (Å²) >= 11 is 5.25. The summed E-state index contributed by atoms with van der Waals surface area (Å²) in [7, 11) is 0. The maximum absolute atomic E-state index is 12.8. The van der Waals surface area contributed by atoms with Gasteiger partial charge in [0.25, 0.3) is 5.91 Å². The zero-order valence-electron chi connectivity index (χ0n) is 13.2. The number of benzene rings is 1. The zero-order valence-corrected chi connectivity index (χ0v) is 15.6. The number of halogens is 1. The Morgan fingerprint density at radius 1 is 1.30 bits per heavy atom. The minimum absolute atomic E-state index is 0.122. The van der Waals surface area contributed by atoms with E-state index in [0.717, 1.165) is 59.8 Å². The number of hydrogen-bond acceptors (Lipinski definition) is 4. The first-order valence-corrected chi connectivity index (χ1v) is 9.47. The number of aromatic nitrogens is 1. The predicted molar refractivity (Wildman–Crippen MR) is 96.8 cm³/mol. The lowest BCUT2D eigenvalue weighted by atomic mass is 10.1. The molecule has 2 heterocycles. The Hall–Kier alpha value is -1.24.